The monoisotopic (exact) mass is 383 g/mol. The number of hydrogen-bond donors (Lipinski definition) is 2. The highest BCUT2D eigenvalue weighted by molar-refractivity contribution is 7.99. The Morgan fingerprint density at radius 1 is 1.52 bits per heavy atom. The number of rotatable bonds is 7. The lowest BCUT2D eigenvalue weighted by molar-refractivity contribution is -0.0679. The number of furan rings is 1. The van der Waals surface area contributed by atoms with Crippen LogP contribution in [0.25, 0.3) is 0 Å². The first-order valence-corrected chi connectivity index (χ1v) is 11.6. The maximum atomic E-state index is 6.13. The van der Waals surface area contributed by atoms with Crippen molar-refractivity contribution in [3.8, 4) is 0 Å². The molecule has 3 heterocycles. The van der Waals surface area contributed by atoms with Gasteiger partial charge in [-0.2, -0.15) is 23.5 Å². The van der Waals surface area contributed by atoms with Gasteiger partial charge >= 0.3 is 0 Å². The first-order valence-electron chi connectivity index (χ1n) is 9.08. The number of ether oxygens (including phenoxy) is 1. The van der Waals surface area contributed by atoms with E-state index in [4.69, 9.17) is 14.1 Å². The molecule has 2 unspecified atom stereocenters. The summed E-state index contributed by atoms with van der Waals surface area (Å²) in [7, 11) is 0. The van der Waals surface area contributed by atoms with Crippen molar-refractivity contribution in [2.45, 2.75) is 37.3 Å². The average molecular weight is 384 g/mol. The molecular weight excluding hydrogens is 354 g/mol. The van der Waals surface area contributed by atoms with Crippen molar-refractivity contribution in [3.05, 3.63) is 24.2 Å². The lowest BCUT2D eigenvalue weighted by Crippen LogP contribution is -2.51. The van der Waals surface area contributed by atoms with E-state index < -0.39 is 0 Å². The van der Waals surface area contributed by atoms with Crippen molar-refractivity contribution in [1.82, 2.24) is 10.6 Å². The molecule has 2 aliphatic rings. The van der Waals surface area contributed by atoms with E-state index in [0.29, 0.717) is 6.04 Å². The highest BCUT2D eigenvalue weighted by atomic mass is 32.2. The maximum absolute atomic E-state index is 6.13. The van der Waals surface area contributed by atoms with Gasteiger partial charge in [0.15, 0.2) is 5.96 Å². The van der Waals surface area contributed by atoms with Crippen LogP contribution >= 0.6 is 23.5 Å². The van der Waals surface area contributed by atoms with Gasteiger partial charge < -0.3 is 19.8 Å². The van der Waals surface area contributed by atoms with Crippen LogP contribution in [0.3, 0.4) is 0 Å². The van der Waals surface area contributed by atoms with Crippen LogP contribution in [0.15, 0.2) is 27.8 Å². The minimum atomic E-state index is 0.0964. The van der Waals surface area contributed by atoms with Crippen molar-refractivity contribution >= 4 is 29.5 Å². The SMILES string of the molecule is CSCCN=C(NCCc1ccco1)NC1CCOC2(CCSC2)C1. The summed E-state index contributed by atoms with van der Waals surface area (Å²) >= 11 is 3.84. The standard InChI is InChI=1S/C18H29N3O2S2/c1-24-12-8-20-17(19-7-4-16-3-2-9-22-16)21-15-5-10-23-18(13-15)6-11-25-14-18/h2-3,9,15H,4-8,10-14H2,1H3,(H2,19,20,21). The maximum Gasteiger partial charge on any atom is 0.191 e. The molecule has 0 bridgehead atoms. The van der Waals surface area contributed by atoms with Gasteiger partial charge in [0.1, 0.15) is 5.76 Å². The van der Waals surface area contributed by atoms with E-state index in [1.807, 2.05) is 35.7 Å². The first kappa shape index (κ1) is 19.0. The summed E-state index contributed by atoms with van der Waals surface area (Å²) in [6.45, 7) is 2.51. The predicted octanol–water partition coefficient (Wildman–Crippen LogP) is 2.78. The van der Waals surface area contributed by atoms with E-state index in [1.54, 1.807) is 6.26 Å². The smallest absolute Gasteiger partial charge is 0.191 e. The quantitative estimate of drug-likeness (QED) is 0.429. The highest BCUT2D eigenvalue weighted by Gasteiger charge is 2.40. The van der Waals surface area contributed by atoms with Crippen molar-refractivity contribution in [3.63, 3.8) is 0 Å². The Morgan fingerprint density at radius 2 is 2.48 bits per heavy atom. The topological polar surface area (TPSA) is 58.8 Å². The van der Waals surface area contributed by atoms with Crippen molar-refractivity contribution in [1.29, 1.82) is 0 Å². The van der Waals surface area contributed by atoms with Crippen LogP contribution in [0.4, 0.5) is 0 Å². The molecular formula is C18H29N3O2S2. The molecule has 0 amide bonds. The number of hydrogen-bond acceptors (Lipinski definition) is 5. The van der Waals surface area contributed by atoms with Crippen LogP contribution in [-0.2, 0) is 11.2 Å². The van der Waals surface area contributed by atoms with Gasteiger partial charge in [-0.05, 0) is 43.4 Å². The minimum Gasteiger partial charge on any atom is -0.469 e. The molecule has 5 nitrogen and oxygen atoms in total. The summed E-state index contributed by atoms with van der Waals surface area (Å²) in [5.41, 5.74) is 0.0964. The second-order valence-corrected chi connectivity index (χ2v) is 8.74. The Hall–Kier alpha value is -0.790. The largest absolute Gasteiger partial charge is 0.469 e. The third-order valence-corrected chi connectivity index (χ3v) is 6.52. The van der Waals surface area contributed by atoms with E-state index in [0.717, 1.165) is 62.2 Å². The van der Waals surface area contributed by atoms with Crippen molar-refractivity contribution in [2.24, 2.45) is 4.99 Å². The molecule has 1 aromatic heterocycles. The van der Waals surface area contributed by atoms with Crippen LogP contribution in [0, 0.1) is 0 Å². The Balaban J connectivity index is 1.52. The molecule has 2 aliphatic heterocycles. The van der Waals surface area contributed by atoms with Crippen molar-refractivity contribution < 1.29 is 9.15 Å². The molecule has 3 rings (SSSR count). The summed E-state index contributed by atoms with van der Waals surface area (Å²) in [5, 5.41) is 7.12. The molecule has 7 heteroatoms. The molecule has 0 radical (unpaired) electrons. The van der Waals surface area contributed by atoms with Gasteiger partial charge in [0, 0.05) is 37.1 Å². The van der Waals surface area contributed by atoms with Gasteiger partial charge in [0.25, 0.3) is 0 Å². The van der Waals surface area contributed by atoms with E-state index in [1.165, 1.54) is 12.2 Å². The minimum absolute atomic E-state index is 0.0964. The Morgan fingerprint density at radius 3 is 3.24 bits per heavy atom. The van der Waals surface area contributed by atoms with Gasteiger partial charge in [-0.3, -0.25) is 4.99 Å². The lowest BCUT2D eigenvalue weighted by Gasteiger charge is -2.38. The summed E-state index contributed by atoms with van der Waals surface area (Å²) in [6, 6.07) is 4.39. The molecule has 25 heavy (non-hydrogen) atoms. The fraction of sp³-hybridized carbons (Fsp3) is 0.722. The number of nitrogens with zero attached hydrogens (tertiary/aromatic N) is 1. The van der Waals surface area contributed by atoms with Crippen LogP contribution in [0.5, 0.6) is 0 Å². The molecule has 1 spiro atoms. The number of nitrogens with one attached hydrogen (secondary N) is 2. The Bertz CT molecular complexity index is 530. The van der Waals surface area contributed by atoms with Crippen LogP contribution < -0.4 is 10.6 Å². The van der Waals surface area contributed by atoms with E-state index in [2.05, 4.69) is 16.9 Å². The third kappa shape index (κ3) is 5.86. The molecule has 2 saturated heterocycles. The van der Waals surface area contributed by atoms with E-state index >= 15 is 0 Å². The molecule has 0 aliphatic carbocycles. The lowest BCUT2D eigenvalue weighted by atomic mass is 9.90. The predicted molar refractivity (Wildman–Crippen MR) is 108 cm³/mol. The van der Waals surface area contributed by atoms with E-state index in [-0.39, 0.29) is 5.60 Å². The number of aliphatic imine (C=N–C) groups is 1. The second-order valence-electron chi connectivity index (χ2n) is 6.65. The molecule has 2 N–H and O–H groups in total. The second kappa shape index (κ2) is 9.78. The van der Waals surface area contributed by atoms with Gasteiger partial charge in [-0.15, -0.1) is 0 Å². The van der Waals surface area contributed by atoms with Crippen LogP contribution in [0.2, 0.25) is 0 Å². The average Bonchev–Trinajstić information content (AvgIpc) is 3.28. The van der Waals surface area contributed by atoms with Crippen molar-refractivity contribution in [2.75, 3.05) is 43.2 Å². The first-order chi connectivity index (χ1) is 12.3. The Kier molecular flexibility index (Phi) is 7.43. The number of thioether (sulfide) groups is 2. The molecule has 1 aromatic rings. The van der Waals surface area contributed by atoms with E-state index in [9.17, 15) is 0 Å². The normalized spacial score (nSPS) is 26.9. The van der Waals surface area contributed by atoms with Gasteiger partial charge in [-0.1, -0.05) is 0 Å². The van der Waals surface area contributed by atoms with Gasteiger partial charge in [0.2, 0.25) is 0 Å². The zero-order valence-corrected chi connectivity index (χ0v) is 16.6. The van der Waals surface area contributed by atoms with Gasteiger partial charge in [0.05, 0.1) is 18.4 Å². The summed E-state index contributed by atoms with van der Waals surface area (Å²) in [4.78, 5) is 4.74. The fourth-order valence-electron chi connectivity index (χ4n) is 3.37. The molecule has 2 atom stereocenters. The van der Waals surface area contributed by atoms with Gasteiger partial charge in [-0.25, -0.2) is 0 Å². The molecule has 0 aromatic carbocycles. The zero-order chi connectivity index (χ0) is 17.4. The Labute approximate surface area is 159 Å². The van der Waals surface area contributed by atoms with Crippen LogP contribution in [-0.4, -0.2) is 60.8 Å². The van der Waals surface area contributed by atoms with Crippen LogP contribution in [0.1, 0.15) is 25.0 Å². The third-order valence-electron chi connectivity index (χ3n) is 4.71. The highest BCUT2D eigenvalue weighted by Crippen LogP contribution is 2.38. The summed E-state index contributed by atoms with van der Waals surface area (Å²) < 4.78 is 11.5. The summed E-state index contributed by atoms with van der Waals surface area (Å²) in [5.74, 6) is 5.33. The molecule has 140 valence electrons. The zero-order valence-electron chi connectivity index (χ0n) is 15.0. The molecule has 2 fully saturated rings. The fourth-order valence-corrected chi connectivity index (χ4v) is 5.02. The summed E-state index contributed by atoms with van der Waals surface area (Å²) in [6.07, 6.45) is 8.02. The molecule has 0 saturated carbocycles. The number of guanidine groups is 1.